The van der Waals surface area contributed by atoms with Crippen molar-refractivity contribution in [1.29, 1.82) is 0 Å². The molecule has 0 radical (unpaired) electrons. The Kier molecular flexibility index (Phi) is 2.74. The van der Waals surface area contributed by atoms with Gasteiger partial charge in [-0.15, -0.1) is 0 Å². The van der Waals surface area contributed by atoms with Crippen LogP contribution in [0.5, 0.6) is 0 Å². The quantitative estimate of drug-likeness (QED) is 0.850. The summed E-state index contributed by atoms with van der Waals surface area (Å²) in [5.74, 6) is 0.0349. The third kappa shape index (κ3) is 1.95. The highest BCUT2D eigenvalue weighted by molar-refractivity contribution is 5.99. The first-order valence-electron chi connectivity index (χ1n) is 5.94. The molecule has 0 bridgehead atoms. The summed E-state index contributed by atoms with van der Waals surface area (Å²) in [6, 6.07) is 5.72. The van der Waals surface area contributed by atoms with Crippen LogP contribution in [0.4, 0.5) is 0 Å². The fraction of sp³-hybridized carbons (Fsp3) is 0.500. The third-order valence-electron chi connectivity index (χ3n) is 3.66. The van der Waals surface area contributed by atoms with E-state index in [1.807, 2.05) is 32.0 Å². The molecule has 1 aliphatic rings. The maximum atomic E-state index is 12.3. The highest BCUT2D eigenvalue weighted by Gasteiger charge is 2.37. The Balaban J connectivity index is 2.36. The zero-order valence-corrected chi connectivity index (χ0v) is 10.8. The standard InChI is InChI=1S/C14H19NO2/c1-9-6-5-7-11-8-15(13(16)12(9)11)10(2)14(3,4)17/h5-7,10,17H,8H2,1-4H3/t10-/m1/s1. The van der Waals surface area contributed by atoms with Crippen LogP contribution in [0.25, 0.3) is 0 Å². The number of carbonyl (C=O) groups excluding carboxylic acids is 1. The topological polar surface area (TPSA) is 40.5 Å². The van der Waals surface area contributed by atoms with Crippen molar-refractivity contribution in [2.45, 2.75) is 45.9 Å². The van der Waals surface area contributed by atoms with Gasteiger partial charge in [-0.05, 0) is 38.8 Å². The maximum absolute atomic E-state index is 12.3. The molecule has 0 unspecified atom stereocenters. The average molecular weight is 233 g/mol. The van der Waals surface area contributed by atoms with E-state index in [0.29, 0.717) is 6.54 Å². The molecule has 0 aliphatic carbocycles. The Morgan fingerprint density at radius 1 is 1.41 bits per heavy atom. The first-order valence-corrected chi connectivity index (χ1v) is 5.94. The van der Waals surface area contributed by atoms with Crippen molar-refractivity contribution in [2.24, 2.45) is 0 Å². The van der Waals surface area contributed by atoms with Crippen LogP contribution in [0.3, 0.4) is 0 Å². The van der Waals surface area contributed by atoms with Crippen molar-refractivity contribution < 1.29 is 9.90 Å². The van der Waals surface area contributed by atoms with Gasteiger partial charge in [0.15, 0.2) is 0 Å². The van der Waals surface area contributed by atoms with E-state index in [4.69, 9.17) is 0 Å². The summed E-state index contributed by atoms with van der Waals surface area (Å²) in [4.78, 5) is 14.1. The summed E-state index contributed by atoms with van der Waals surface area (Å²) >= 11 is 0. The molecule has 3 nitrogen and oxygen atoms in total. The molecule has 1 heterocycles. The monoisotopic (exact) mass is 233 g/mol. The summed E-state index contributed by atoms with van der Waals surface area (Å²) in [5.41, 5.74) is 2.00. The molecule has 1 aromatic carbocycles. The van der Waals surface area contributed by atoms with Crippen LogP contribution >= 0.6 is 0 Å². The summed E-state index contributed by atoms with van der Waals surface area (Å²) < 4.78 is 0. The number of fused-ring (bicyclic) bond motifs is 1. The Morgan fingerprint density at radius 3 is 2.59 bits per heavy atom. The third-order valence-corrected chi connectivity index (χ3v) is 3.66. The highest BCUT2D eigenvalue weighted by atomic mass is 16.3. The number of nitrogens with zero attached hydrogens (tertiary/aromatic N) is 1. The van der Waals surface area contributed by atoms with E-state index < -0.39 is 5.60 Å². The molecule has 1 aromatic rings. The fourth-order valence-corrected chi connectivity index (χ4v) is 2.26. The lowest BCUT2D eigenvalue weighted by atomic mass is 9.99. The molecule has 1 aliphatic heterocycles. The molecule has 17 heavy (non-hydrogen) atoms. The lowest BCUT2D eigenvalue weighted by Gasteiger charge is -2.33. The van der Waals surface area contributed by atoms with Gasteiger partial charge in [0.2, 0.25) is 0 Å². The van der Waals surface area contributed by atoms with Gasteiger partial charge in [-0.3, -0.25) is 4.79 Å². The number of hydrogen-bond donors (Lipinski definition) is 1. The lowest BCUT2D eigenvalue weighted by Crippen LogP contribution is -2.47. The Hall–Kier alpha value is -1.35. The second-order valence-electron chi connectivity index (χ2n) is 5.37. The average Bonchev–Trinajstić information content (AvgIpc) is 2.55. The molecule has 2 rings (SSSR count). The van der Waals surface area contributed by atoms with Gasteiger partial charge in [0.05, 0.1) is 11.6 Å². The number of aliphatic hydroxyl groups is 1. The Bertz CT molecular complexity index is 460. The van der Waals surface area contributed by atoms with Crippen molar-refractivity contribution in [3.63, 3.8) is 0 Å². The molecule has 92 valence electrons. The van der Waals surface area contributed by atoms with Crippen LogP contribution in [-0.4, -0.2) is 27.6 Å². The van der Waals surface area contributed by atoms with Crippen LogP contribution < -0.4 is 0 Å². The molecule has 0 saturated heterocycles. The maximum Gasteiger partial charge on any atom is 0.255 e. The van der Waals surface area contributed by atoms with Gasteiger partial charge in [-0.25, -0.2) is 0 Å². The van der Waals surface area contributed by atoms with Gasteiger partial charge in [-0.2, -0.15) is 0 Å². The van der Waals surface area contributed by atoms with Gasteiger partial charge < -0.3 is 10.0 Å². The largest absolute Gasteiger partial charge is 0.388 e. The van der Waals surface area contributed by atoms with Crippen LogP contribution in [0.2, 0.25) is 0 Å². The number of carbonyl (C=O) groups is 1. The first-order chi connectivity index (χ1) is 7.82. The molecule has 0 fully saturated rings. The molecule has 0 saturated carbocycles. The van der Waals surface area contributed by atoms with Crippen molar-refractivity contribution in [1.82, 2.24) is 4.90 Å². The van der Waals surface area contributed by atoms with E-state index in [1.54, 1.807) is 18.7 Å². The van der Waals surface area contributed by atoms with Crippen molar-refractivity contribution >= 4 is 5.91 Å². The second-order valence-corrected chi connectivity index (χ2v) is 5.37. The van der Waals surface area contributed by atoms with Crippen LogP contribution in [-0.2, 0) is 6.54 Å². The number of hydrogen-bond acceptors (Lipinski definition) is 2. The fourth-order valence-electron chi connectivity index (χ4n) is 2.26. The van der Waals surface area contributed by atoms with Crippen LogP contribution in [0.1, 0.15) is 42.3 Å². The number of amides is 1. The van der Waals surface area contributed by atoms with Crippen molar-refractivity contribution in [3.05, 3.63) is 34.9 Å². The minimum Gasteiger partial charge on any atom is -0.388 e. The molecule has 1 amide bonds. The Labute approximate surface area is 102 Å². The minimum absolute atomic E-state index is 0.0349. The van der Waals surface area contributed by atoms with E-state index in [9.17, 15) is 9.90 Å². The second kappa shape index (κ2) is 3.84. The minimum atomic E-state index is -0.883. The lowest BCUT2D eigenvalue weighted by molar-refractivity contribution is -0.00647. The summed E-state index contributed by atoms with van der Waals surface area (Å²) in [5, 5.41) is 10.0. The van der Waals surface area contributed by atoms with Gasteiger partial charge in [0.25, 0.3) is 5.91 Å². The van der Waals surface area contributed by atoms with E-state index >= 15 is 0 Å². The zero-order valence-electron chi connectivity index (χ0n) is 10.8. The van der Waals surface area contributed by atoms with Gasteiger partial charge in [0.1, 0.15) is 0 Å². The van der Waals surface area contributed by atoms with Gasteiger partial charge >= 0.3 is 0 Å². The molecule has 0 spiro atoms. The molecule has 3 heteroatoms. The number of rotatable bonds is 2. The molecule has 0 aromatic heterocycles. The first kappa shape index (κ1) is 12.1. The van der Waals surface area contributed by atoms with Crippen molar-refractivity contribution in [3.8, 4) is 0 Å². The SMILES string of the molecule is Cc1cccc2c1C(=O)N([C@H](C)C(C)(C)O)C2. The molecule has 1 N–H and O–H groups in total. The van der Waals surface area contributed by atoms with E-state index in [-0.39, 0.29) is 11.9 Å². The van der Waals surface area contributed by atoms with Gasteiger partial charge in [-0.1, -0.05) is 18.2 Å². The van der Waals surface area contributed by atoms with Crippen LogP contribution in [0, 0.1) is 6.92 Å². The van der Waals surface area contributed by atoms with Crippen LogP contribution in [0.15, 0.2) is 18.2 Å². The molecular weight excluding hydrogens is 214 g/mol. The molecule has 1 atom stereocenters. The summed E-state index contributed by atoms with van der Waals surface area (Å²) in [6.07, 6.45) is 0. The van der Waals surface area contributed by atoms with E-state index in [2.05, 4.69) is 0 Å². The van der Waals surface area contributed by atoms with E-state index in [1.165, 1.54) is 0 Å². The Morgan fingerprint density at radius 2 is 2.06 bits per heavy atom. The zero-order chi connectivity index (χ0) is 12.8. The number of benzene rings is 1. The molecular formula is C14H19NO2. The predicted octanol–water partition coefficient (Wildman–Crippen LogP) is 2.11. The summed E-state index contributed by atoms with van der Waals surface area (Å²) in [7, 11) is 0. The number of aryl methyl sites for hydroxylation is 1. The normalized spacial score (nSPS) is 17.2. The van der Waals surface area contributed by atoms with Gasteiger partial charge in [0, 0.05) is 12.1 Å². The van der Waals surface area contributed by atoms with Crippen molar-refractivity contribution in [2.75, 3.05) is 0 Å². The smallest absolute Gasteiger partial charge is 0.255 e. The predicted molar refractivity (Wildman–Crippen MR) is 66.8 cm³/mol. The van der Waals surface area contributed by atoms with E-state index in [0.717, 1.165) is 16.7 Å². The summed E-state index contributed by atoms with van der Waals surface area (Å²) in [6.45, 7) is 7.91. The highest BCUT2D eigenvalue weighted by Crippen LogP contribution is 2.29.